The summed E-state index contributed by atoms with van der Waals surface area (Å²) < 4.78 is 0. The molecule has 3 heteroatoms. The van der Waals surface area contributed by atoms with Crippen molar-refractivity contribution in [3.8, 4) is 0 Å². The SMILES string of the molecule is CN(C)C1(CC2(C(N)=O)C=CC=CC2)CCCCC1. The van der Waals surface area contributed by atoms with E-state index in [2.05, 4.69) is 25.1 Å². The number of hydrogen-bond acceptors (Lipinski definition) is 2. The standard InChI is InChI=1S/C16H26N2O/c1-18(2)16(11-7-4-8-12-16)13-15(14(17)19)9-5-3-6-10-15/h3,5-6,9H,4,7-8,10-13H2,1-2H3,(H2,17,19). The average molecular weight is 262 g/mol. The highest BCUT2D eigenvalue weighted by molar-refractivity contribution is 5.83. The molecule has 1 unspecified atom stereocenters. The third-order valence-corrected chi connectivity index (χ3v) is 5.01. The van der Waals surface area contributed by atoms with Gasteiger partial charge in [-0.05, 0) is 39.8 Å². The Morgan fingerprint density at radius 2 is 1.89 bits per heavy atom. The van der Waals surface area contributed by atoms with Crippen molar-refractivity contribution in [2.45, 2.75) is 50.5 Å². The minimum atomic E-state index is -0.490. The van der Waals surface area contributed by atoms with Gasteiger partial charge in [-0.3, -0.25) is 4.79 Å². The van der Waals surface area contributed by atoms with Gasteiger partial charge in [0.05, 0.1) is 5.41 Å². The molecule has 0 aromatic carbocycles. The predicted octanol–water partition coefficient (Wildman–Crippen LogP) is 2.63. The second-order valence-corrected chi connectivity index (χ2v) is 6.37. The number of allylic oxidation sites excluding steroid dienone is 3. The highest BCUT2D eigenvalue weighted by Crippen LogP contribution is 2.44. The van der Waals surface area contributed by atoms with Crippen LogP contribution in [-0.2, 0) is 4.79 Å². The lowest BCUT2D eigenvalue weighted by Crippen LogP contribution is -2.52. The summed E-state index contributed by atoms with van der Waals surface area (Å²) in [6, 6.07) is 0. The van der Waals surface area contributed by atoms with Crippen LogP contribution in [0.3, 0.4) is 0 Å². The van der Waals surface area contributed by atoms with Gasteiger partial charge in [0.15, 0.2) is 0 Å². The Morgan fingerprint density at radius 3 is 2.37 bits per heavy atom. The highest BCUT2D eigenvalue weighted by atomic mass is 16.1. The maximum absolute atomic E-state index is 12.0. The number of amides is 1. The maximum atomic E-state index is 12.0. The van der Waals surface area contributed by atoms with Gasteiger partial charge >= 0.3 is 0 Å². The van der Waals surface area contributed by atoms with Crippen molar-refractivity contribution in [1.29, 1.82) is 0 Å². The predicted molar refractivity (Wildman–Crippen MR) is 78.6 cm³/mol. The molecule has 0 spiro atoms. The van der Waals surface area contributed by atoms with Crippen molar-refractivity contribution in [3.05, 3.63) is 24.3 Å². The van der Waals surface area contributed by atoms with Crippen LogP contribution in [0.2, 0.25) is 0 Å². The number of nitrogens with two attached hydrogens (primary N) is 1. The van der Waals surface area contributed by atoms with E-state index in [0.29, 0.717) is 0 Å². The van der Waals surface area contributed by atoms with E-state index in [9.17, 15) is 4.79 Å². The molecule has 0 bridgehead atoms. The molecule has 0 aliphatic heterocycles. The summed E-state index contributed by atoms with van der Waals surface area (Å²) in [5.74, 6) is -0.181. The summed E-state index contributed by atoms with van der Waals surface area (Å²) in [7, 11) is 4.28. The van der Waals surface area contributed by atoms with Crippen LogP contribution in [0.4, 0.5) is 0 Å². The Hall–Kier alpha value is -1.09. The molecule has 2 aliphatic rings. The van der Waals surface area contributed by atoms with Crippen LogP contribution in [0, 0.1) is 5.41 Å². The topological polar surface area (TPSA) is 46.3 Å². The first-order valence-corrected chi connectivity index (χ1v) is 7.33. The Balaban J connectivity index is 2.26. The first-order chi connectivity index (χ1) is 9.01. The van der Waals surface area contributed by atoms with Gasteiger partial charge in [0.25, 0.3) is 0 Å². The molecule has 3 nitrogen and oxygen atoms in total. The van der Waals surface area contributed by atoms with Crippen LogP contribution in [0.5, 0.6) is 0 Å². The smallest absolute Gasteiger partial charge is 0.227 e. The second kappa shape index (κ2) is 5.49. The van der Waals surface area contributed by atoms with E-state index < -0.39 is 5.41 Å². The fourth-order valence-corrected chi connectivity index (χ4v) is 3.64. The lowest BCUT2D eigenvalue weighted by molar-refractivity contribution is -0.127. The molecule has 0 heterocycles. The summed E-state index contributed by atoms with van der Waals surface area (Å²) in [4.78, 5) is 14.4. The molecular weight excluding hydrogens is 236 g/mol. The number of carbonyl (C=O) groups excluding carboxylic acids is 1. The summed E-state index contributed by atoms with van der Waals surface area (Å²) in [5.41, 5.74) is 5.37. The molecule has 1 atom stereocenters. The van der Waals surface area contributed by atoms with Crippen LogP contribution >= 0.6 is 0 Å². The molecule has 1 saturated carbocycles. The molecule has 2 aliphatic carbocycles. The van der Waals surface area contributed by atoms with Gasteiger partial charge in [-0.15, -0.1) is 0 Å². The number of rotatable bonds is 4. The van der Waals surface area contributed by atoms with Crippen LogP contribution < -0.4 is 5.73 Å². The quantitative estimate of drug-likeness (QED) is 0.846. The van der Waals surface area contributed by atoms with E-state index in [0.717, 1.165) is 12.8 Å². The molecule has 19 heavy (non-hydrogen) atoms. The Labute approximate surface area is 116 Å². The lowest BCUT2D eigenvalue weighted by atomic mass is 9.66. The van der Waals surface area contributed by atoms with Gasteiger partial charge in [-0.1, -0.05) is 43.6 Å². The van der Waals surface area contributed by atoms with Crippen LogP contribution in [0.25, 0.3) is 0 Å². The molecule has 0 saturated heterocycles. The van der Waals surface area contributed by atoms with E-state index in [1.54, 1.807) is 0 Å². The van der Waals surface area contributed by atoms with Gasteiger partial charge in [0.1, 0.15) is 0 Å². The van der Waals surface area contributed by atoms with Gasteiger partial charge in [-0.2, -0.15) is 0 Å². The number of nitrogens with zero attached hydrogens (tertiary/aromatic N) is 1. The summed E-state index contributed by atoms with van der Waals surface area (Å²) in [6.45, 7) is 0. The van der Waals surface area contributed by atoms with E-state index in [4.69, 9.17) is 5.73 Å². The summed E-state index contributed by atoms with van der Waals surface area (Å²) >= 11 is 0. The van der Waals surface area contributed by atoms with E-state index in [1.807, 2.05) is 18.2 Å². The number of carbonyl (C=O) groups is 1. The van der Waals surface area contributed by atoms with Crippen molar-refractivity contribution in [2.24, 2.45) is 11.1 Å². The minimum Gasteiger partial charge on any atom is -0.369 e. The summed E-state index contributed by atoms with van der Waals surface area (Å²) in [5, 5.41) is 0. The molecule has 2 N–H and O–H groups in total. The van der Waals surface area contributed by atoms with Gasteiger partial charge in [0.2, 0.25) is 5.91 Å². The average Bonchev–Trinajstić information content (AvgIpc) is 2.40. The van der Waals surface area contributed by atoms with E-state index in [-0.39, 0.29) is 11.4 Å². The Kier molecular flexibility index (Phi) is 4.14. The minimum absolute atomic E-state index is 0.128. The zero-order valence-corrected chi connectivity index (χ0v) is 12.2. The van der Waals surface area contributed by atoms with Gasteiger partial charge < -0.3 is 10.6 Å². The Bertz CT molecular complexity index is 392. The molecular formula is C16H26N2O. The zero-order chi connectivity index (χ0) is 13.9. The van der Waals surface area contributed by atoms with E-state index >= 15 is 0 Å². The molecule has 0 aromatic rings. The third-order valence-electron chi connectivity index (χ3n) is 5.01. The maximum Gasteiger partial charge on any atom is 0.227 e. The van der Waals surface area contributed by atoms with Gasteiger partial charge in [-0.25, -0.2) is 0 Å². The van der Waals surface area contributed by atoms with Crippen molar-refractivity contribution in [3.63, 3.8) is 0 Å². The fraction of sp³-hybridized carbons (Fsp3) is 0.688. The fourth-order valence-electron chi connectivity index (χ4n) is 3.64. The largest absolute Gasteiger partial charge is 0.369 e. The number of primary amides is 1. The molecule has 1 fully saturated rings. The first-order valence-electron chi connectivity index (χ1n) is 7.33. The van der Waals surface area contributed by atoms with E-state index in [1.165, 1.54) is 32.1 Å². The van der Waals surface area contributed by atoms with Crippen molar-refractivity contribution in [1.82, 2.24) is 4.90 Å². The zero-order valence-electron chi connectivity index (χ0n) is 12.2. The highest BCUT2D eigenvalue weighted by Gasteiger charge is 2.45. The monoisotopic (exact) mass is 262 g/mol. The van der Waals surface area contributed by atoms with Crippen LogP contribution in [-0.4, -0.2) is 30.4 Å². The normalized spacial score (nSPS) is 29.6. The van der Waals surface area contributed by atoms with Crippen LogP contribution in [0.15, 0.2) is 24.3 Å². The molecule has 0 aromatic heterocycles. The van der Waals surface area contributed by atoms with Crippen molar-refractivity contribution >= 4 is 5.91 Å². The third kappa shape index (κ3) is 2.76. The molecule has 0 radical (unpaired) electrons. The Morgan fingerprint density at radius 1 is 1.21 bits per heavy atom. The van der Waals surface area contributed by atoms with Crippen LogP contribution in [0.1, 0.15) is 44.9 Å². The molecule has 2 rings (SSSR count). The molecule has 1 amide bonds. The second-order valence-electron chi connectivity index (χ2n) is 6.37. The first kappa shape index (κ1) is 14.3. The molecule has 106 valence electrons. The summed E-state index contributed by atoms with van der Waals surface area (Å²) in [6.07, 6.45) is 15.8. The lowest BCUT2D eigenvalue weighted by Gasteiger charge is -2.47. The number of hydrogen-bond donors (Lipinski definition) is 1. The van der Waals surface area contributed by atoms with Crippen molar-refractivity contribution in [2.75, 3.05) is 14.1 Å². The van der Waals surface area contributed by atoms with Gasteiger partial charge in [0, 0.05) is 5.54 Å². The van der Waals surface area contributed by atoms with Crippen molar-refractivity contribution < 1.29 is 4.79 Å².